The summed E-state index contributed by atoms with van der Waals surface area (Å²) in [5, 5.41) is 15.6. The highest BCUT2D eigenvalue weighted by atomic mass is 16.5. The molecule has 86 valence electrons. The zero-order chi connectivity index (χ0) is 10.9. The second kappa shape index (κ2) is 7.36. The minimum absolute atomic E-state index is 0.293. The van der Waals surface area contributed by atoms with Crippen molar-refractivity contribution in [3.05, 3.63) is 11.7 Å². The number of aliphatic hydroxyl groups excluding tert-OH is 1. The third-order valence-corrected chi connectivity index (χ3v) is 2.10. The van der Waals surface area contributed by atoms with Gasteiger partial charge in [0.05, 0.1) is 0 Å². The molecule has 0 saturated carbocycles. The molecular formula is C10H19N3O2. The highest BCUT2D eigenvalue weighted by Crippen LogP contribution is 1.96. The summed E-state index contributed by atoms with van der Waals surface area (Å²) >= 11 is 0. The van der Waals surface area contributed by atoms with Crippen LogP contribution in [0.5, 0.6) is 0 Å². The first-order chi connectivity index (χ1) is 7.33. The Morgan fingerprint density at radius 2 is 2.13 bits per heavy atom. The Hall–Kier alpha value is -0.940. The van der Waals surface area contributed by atoms with Gasteiger partial charge in [0.15, 0.2) is 5.82 Å². The molecule has 5 nitrogen and oxygen atoms in total. The lowest BCUT2D eigenvalue weighted by Crippen LogP contribution is -2.18. The van der Waals surface area contributed by atoms with Gasteiger partial charge in [-0.3, -0.25) is 0 Å². The lowest BCUT2D eigenvalue weighted by molar-refractivity contribution is 0.283. The van der Waals surface area contributed by atoms with E-state index in [9.17, 15) is 0 Å². The van der Waals surface area contributed by atoms with Crippen LogP contribution in [-0.4, -0.2) is 34.9 Å². The number of aryl methyl sites for hydroxylation is 1. The number of rotatable bonds is 8. The van der Waals surface area contributed by atoms with E-state index in [0.29, 0.717) is 18.3 Å². The Labute approximate surface area is 89.9 Å². The molecule has 0 spiro atoms. The average Bonchev–Trinajstić information content (AvgIpc) is 2.63. The summed E-state index contributed by atoms with van der Waals surface area (Å²) in [6, 6.07) is 0. The summed E-state index contributed by atoms with van der Waals surface area (Å²) in [5.74, 6) is 1.38. The van der Waals surface area contributed by atoms with Gasteiger partial charge in [0.25, 0.3) is 0 Å². The maximum Gasteiger partial charge on any atom is 0.227 e. The van der Waals surface area contributed by atoms with Crippen molar-refractivity contribution in [1.82, 2.24) is 15.5 Å². The van der Waals surface area contributed by atoms with Crippen molar-refractivity contribution >= 4 is 0 Å². The number of hydrogen-bond donors (Lipinski definition) is 2. The van der Waals surface area contributed by atoms with E-state index in [0.717, 1.165) is 38.8 Å². The highest BCUT2D eigenvalue weighted by Gasteiger charge is 2.00. The predicted octanol–water partition coefficient (Wildman–Crippen LogP) is 0.673. The molecule has 1 aromatic rings. The van der Waals surface area contributed by atoms with Crippen molar-refractivity contribution in [3.63, 3.8) is 0 Å². The maximum absolute atomic E-state index is 8.57. The number of unbranched alkanes of at least 4 members (excludes halogenated alkanes) is 2. The molecule has 1 heterocycles. The van der Waals surface area contributed by atoms with E-state index in [1.807, 2.05) is 6.92 Å². The smallest absolute Gasteiger partial charge is 0.227 e. The first kappa shape index (κ1) is 12.1. The van der Waals surface area contributed by atoms with Crippen molar-refractivity contribution in [2.24, 2.45) is 0 Å². The highest BCUT2D eigenvalue weighted by molar-refractivity contribution is 4.83. The number of nitrogens with one attached hydrogen (secondary N) is 1. The van der Waals surface area contributed by atoms with Crippen LogP contribution in [0.25, 0.3) is 0 Å². The quantitative estimate of drug-likeness (QED) is 0.621. The molecule has 2 N–H and O–H groups in total. The molecular weight excluding hydrogens is 194 g/mol. The van der Waals surface area contributed by atoms with Gasteiger partial charge in [-0.15, -0.1) is 0 Å². The van der Waals surface area contributed by atoms with Crippen molar-refractivity contribution in [3.8, 4) is 0 Å². The van der Waals surface area contributed by atoms with Gasteiger partial charge in [0.1, 0.15) is 0 Å². The molecule has 0 unspecified atom stereocenters. The summed E-state index contributed by atoms with van der Waals surface area (Å²) in [4.78, 5) is 4.11. The van der Waals surface area contributed by atoms with Gasteiger partial charge in [-0.1, -0.05) is 5.16 Å². The van der Waals surface area contributed by atoms with Crippen LogP contribution in [0.15, 0.2) is 4.52 Å². The number of nitrogens with zero attached hydrogens (tertiary/aromatic N) is 2. The summed E-state index contributed by atoms with van der Waals surface area (Å²) < 4.78 is 4.98. The van der Waals surface area contributed by atoms with E-state index in [1.54, 1.807) is 0 Å². The maximum atomic E-state index is 8.57. The minimum Gasteiger partial charge on any atom is -0.396 e. The van der Waals surface area contributed by atoms with Crippen molar-refractivity contribution in [2.45, 2.75) is 32.6 Å². The van der Waals surface area contributed by atoms with Crippen LogP contribution in [0, 0.1) is 6.92 Å². The van der Waals surface area contributed by atoms with Gasteiger partial charge in [0, 0.05) is 19.6 Å². The molecule has 0 radical (unpaired) electrons. The van der Waals surface area contributed by atoms with Gasteiger partial charge >= 0.3 is 0 Å². The Morgan fingerprint density at radius 1 is 1.27 bits per heavy atom. The van der Waals surface area contributed by atoms with Crippen LogP contribution in [0.3, 0.4) is 0 Å². The van der Waals surface area contributed by atoms with Crippen LogP contribution in [-0.2, 0) is 6.42 Å². The van der Waals surface area contributed by atoms with E-state index < -0.39 is 0 Å². The standard InChI is InChI=1S/C10H19N3O2/c1-9-12-10(15-13-9)5-7-11-6-3-2-4-8-14/h11,14H,2-8H2,1H3. The number of aromatic nitrogens is 2. The van der Waals surface area contributed by atoms with Crippen LogP contribution in [0.1, 0.15) is 31.0 Å². The van der Waals surface area contributed by atoms with E-state index in [4.69, 9.17) is 9.63 Å². The third-order valence-electron chi connectivity index (χ3n) is 2.10. The molecule has 0 aliphatic heterocycles. The molecule has 0 aliphatic rings. The van der Waals surface area contributed by atoms with Crippen molar-refractivity contribution in [1.29, 1.82) is 0 Å². The Bertz CT molecular complexity index is 263. The number of aliphatic hydroxyl groups is 1. The van der Waals surface area contributed by atoms with Gasteiger partial charge in [-0.2, -0.15) is 4.98 Å². The number of hydrogen-bond acceptors (Lipinski definition) is 5. The van der Waals surface area contributed by atoms with Gasteiger partial charge in [0.2, 0.25) is 5.89 Å². The van der Waals surface area contributed by atoms with E-state index in [-0.39, 0.29) is 0 Å². The SMILES string of the molecule is Cc1noc(CCNCCCCCO)n1. The topological polar surface area (TPSA) is 71.2 Å². The molecule has 1 aromatic heterocycles. The monoisotopic (exact) mass is 213 g/mol. The van der Waals surface area contributed by atoms with Crippen LogP contribution < -0.4 is 5.32 Å². The molecule has 0 bridgehead atoms. The molecule has 1 rings (SSSR count). The normalized spacial score (nSPS) is 10.8. The fraction of sp³-hybridized carbons (Fsp3) is 0.800. The second-order valence-corrected chi connectivity index (χ2v) is 3.52. The first-order valence-corrected chi connectivity index (χ1v) is 5.43. The predicted molar refractivity (Wildman–Crippen MR) is 56.5 cm³/mol. The lowest BCUT2D eigenvalue weighted by Gasteiger charge is -2.01. The summed E-state index contributed by atoms with van der Waals surface area (Å²) in [7, 11) is 0. The molecule has 0 aromatic carbocycles. The van der Waals surface area contributed by atoms with Crippen molar-refractivity contribution in [2.75, 3.05) is 19.7 Å². The molecule has 0 amide bonds. The Morgan fingerprint density at radius 3 is 2.80 bits per heavy atom. The van der Waals surface area contributed by atoms with Crippen LogP contribution >= 0.6 is 0 Å². The molecule has 0 aliphatic carbocycles. The Balaban J connectivity index is 1.93. The van der Waals surface area contributed by atoms with E-state index >= 15 is 0 Å². The van der Waals surface area contributed by atoms with E-state index in [1.165, 1.54) is 0 Å². The average molecular weight is 213 g/mol. The van der Waals surface area contributed by atoms with E-state index in [2.05, 4.69) is 15.5 Å². The summed E-state index contributed by atoms with van der Waals surface area (Å²) in [5.41, 5.74) is 0. The fourth-order valence-electron chi connectivity index (χ4n) is 1.30. The zero-order valence-electron chi connectivity index (χ0n) is 9.20. The Kier molecular flexibility index (Phi) is 5.96. The van der Waals surface area contributed by atoms with Crippen LogP contribution in [0.2, 0.25) is 0 Å². The summed E-state index contributed by atoms with van der Waals surface area (Å²) in [6.45, 7) is 3.95. The van der Waals surface area contributed by atoms with Gasteiger partial charge in [-0.05, 0) is 32.7 Å². The molecule has 5 heteroatoms. The minimum atomic E-state index is 0.293. The van der Waals surface area contributed by atoms with Crippen molar-refractivity contribution < 1.29 is 9.63 Å². The lowest BCUT2D eigenvalue weighted by atomic mass is 10.2. The fourth-order valence-corrected chi connectivity index (χ4v) is 1.30. The molecule has 0 fully saturated rings. The molecule has 0 atom stereocenters. The molecule has 15 heavy (non-hydrogen) atoms. The zero-order valence-corrected chi connectivity index (χ0v) is 9.20. The van der Waals surface area contributed by atoms with Gasteiger partial charge < -0.3 is 14.9 Å². The van der Waals surface area contributed by atoms with Gasteiger partial charge in [-0.25, -0.2) is 0 Å². The van der Waals surface area contributed by atoms with Crippen LogP contribution in [0.4, 0.5) is 0 Å². The third kappa shape index (κ3) is 5.49. The molecule has 0 saturated heterocycles. The second-order valence-electron chi connectivity index (χ2n) is 3.52. The summed E-state index contributed by atoms with van der Waals surface area (Å²) in [6.07, 6.45) is 3.85. The largest absolute Gasteiger partial charge is 0.396 e. The first-order valence-electron chi connectivity index (χ1n) is 5.43.